The number of ether oxygens (including phenoxy) is 1. The number of nitrogens with zero attached hydrogens (tertiary/aromatic N) is 1. The molecule has 23 heavy (non-hydrogen) atoms. The fourth-order valence-electron chi connectivity index (χ4n) is 2.12. The van der Waals surface area contributed by atoms with Crippen LogP contribution in [-0.2, 0) is 9.59 Å². The summed E-state index contributed by atoms with van der Waals surface area (Å²) in [5.74, 6) is -0.655. The Labute approximate surface area is 136 Å². The van der Waals surface area contributed by atoms with Crippen molar-refractivity contribution < 1.29 is 23.8 Å². The Kier molecular flexibility index (Phi) is 8.08. The number of carboxylic acids is 1. The Morgan fingerprint density at radius 3 is 2.65 bits per heavy atom. The molecule has 0 heterocycles. The highest BCUT2D eigenvalue weighted by atomic mass is 19.1. The van der Waals surface area contributed by atoms with Gasteiger partial charge in [-0.3, -0.25) is 9.59 Å². The summed E-state index contributed by atoms with van der Waals surface area (Å²) >= 11 is 0. The highest BCUT2D eigenvalue weighted by Gasteiger charge is 2.15. The molecule has 0 bridgehead atoms. The van der Waals surface area contributed by atoms with Crippen molar-refractivity contribution in [3.63, 3.8) is 0 Å². The molecule has 6 heteroatoms. The minimum Gasteiger partial charge on any atom is -0.493 e. The maximum absolute atomic E-state index is 13.0. The first-order chi connectivity index (χ1) is 10.9. The first kappa shape index (κ1) is 18.9. The Bertz CT molecular complexity index is 519. The molecule has 128 valence electrons. The molecule has 1 amide bonds. The summed E-state index contributed by atoms with van der Waals surface area (Å²) in [6.45, 7) is 5.03. The largest absolute Gasteiger partial charge is 0.493 e. The van der Waals surface area contributed by atoms with E-state index in [9.17, 15) is 14.0 Å². The van der Waals surface area contributed by atoms with Gasteiger partial charge in [-0.1, -0.05) is 19.9 Å². The molecule has 0 aliphatic heterocycles. The highest BCUT2D eigenvalue weighted by molar-refractivity contribution is 5.77. The van der Waals surface area contributed by atoms with Crippen molar-refractivity contribution in [1.82, 2.24) is 4.90 Å². The summed E-state index contributed by atoms with van der Waals surface area (Å²) in [4.78, 5) is 24.4. The van der Waals surface area contributed by atoms with Crippen LogP contribution in [0.5, 0.6) is 5.75 Å². The zero-order chi connectivity index (χ0) is 17.2. The first-order valence-electron chi connectivity index (χ1n) is 7.76. The van der Waals surface area contributed by atoms with E-state index in [0.717, 1.165) is 0 Å². The lowest BCUT2D eigenvalue weighted by molar-refractivity contribution is -0.138. The van der Waals surface area contributed by atoms with E-state index in [4.69, 9.17) is 9.84 Å². The van der Waals surface area contributed by atoms with Crippen LogP contribution in [-0.4, -0.2) is 41.6 Å². The number of carbonyl (C=O) groups is 2. The molecule has 1 aromatic carbocycles. The molecule has 0 unspecified atom stereocenters. The molecule has 0 aromatic heterocycles. The molecule has 5 nitrogen and oxygen atoms in total. The molecule has 0 saturated heterocycles. The SMILES string of the molecule is CC(C)CN(CCC(=O)O)C(=O)CCCOc1cccc(F)c1. The van der Waals surface area contributed by atoms with E-state index in [2.05, 4.69) is 0 Å². The quantitative estimate of drug-likeness (QED) is 0.672. The number of hydrogen-bond acceptors (Lipinski definition) is 3. The van der Waals surface area contributed by atoms with Gasteiger partial charge in [-0.05, 0) is 24.5 Å². The van der Waals surface area contributed by atoms with Gasteiger partial charge in [0.25, 0.3) is 0 Å². The average molecular weight is 325 g/mol. The molecule has 1 N–H and O–H groups in total. The van der Waals surface area contributed by atoms with E-state index in [1.54, 1.807) is 17.0 Å². The zero-order valence-electron chi connectivity index (χ0n) is 13.6. The molecule has 0 fully saturated rings. The zero-order valence-corrected chi connectivity index (χ0v) is 13.6. The number of benzene rings is 1. The van der Waals surface area contributed by atoms with E-state index in [1.807, 2.05) is 13.8 Å². The van der Waals surface area contributed by atoms with Gasteiger partial charge >= 0.3 is 5.97 Å². The van der Waals surface area contributed by atoms with Crippen molar-refractivity contribution in [1.29, 1.82) is 0 Å². The Morgan fingerprint density at radius 1 is 1.30 bits per heavy atom. The lowest BCUT2D eigenvalue weighted by atomic mass is 10.2. The van der Waals surface area contributed by atoms with Gasteiger partial charge in [0.1, 0.15) is 11.6 Å². The number of amides is 1. The van der Waals surface area contributed by atoms with E-state index >= 15 is 0 Å². The summed E-state index contributed by atoms with van der Waals surface area (Å²) in [5.41, 5.74) is 0. The van der Waals surface area contributed by atoms with E-state index in [1.165, 1.54) is 12.1 Å². The van der Waals surface area contributed by atoms with Crippen LogP contribution in [0.4, 0.5) is 4.39 Å². The van der Waals surface area contributed by atoms with Crippen LogP contribution in [0, 0.1) is 11.7 Å². The predicted molar refractivity (Wildman–Crippen MR) is 84.8 cm³/mol. The maximum Gasteiger partial charge on any atom is 0.305 e. The summed E-state index contributed by atoms with van der Waals surface area (Å²) in [6, 6.07) is 5.84. The van der Waals surface area contributed by atoms with Crippen molar-refractivity contribution >= 4 is 11.9 Å². The van der Waals surface area contributed by atoms with Crippen LogP contribution in [0.25, 0.3) is 0 Å². The number of aliphatic carboxylic acids is 1. The minimum absolute atomic E-state index is 0.0573. The molecule has 0 aliphatic carbocycles. The monoisotopic (exact) mass is 325 g/mol. The van der Waals surface area contributed by atoms with E-state index in [0.29, 0.717) is 25.3 Å². The van der Waals surface area contributed by atoms with Gasteiger partial charge in [0.2, 0.25) is 5.91 Å². The first-order valence-corrected chi connectivity index (χ1v) is 7.76. The molecule has 1 rings (SSSR count). The van der Waals surface area contributed by atoms with E-state index < -0.39 is 5.97 Å². The van der Waals surface area contributed by atoms with Gasteiger partial charge in [-0.25, -0.2) is 4.39 Å². The third-order valence-corrected chi connectivity index (χ3v) is 3.13. The van der Waals surface area contributed by atoms with Crippen molar-refractivity contribution in [2.45, 2.75) is 33.1 Å². The van der Waals surface area contributed by atoms with Gasteiger partial charge in [0, 0.05) is 25.6 Å². The van der Waals surface area contributed by atoms with Crippen molar-refractivity contribution in [3.8, 4) is 5.75 Å². The van der Waals surface area contributed by atoms with Crippen molar-refractivity contribution in [2.24, 2.45) is 5.92 Å². The summed E-state index contributed by atoms with van der Waals surface area (Å²) < 4.78 is 18.4. The lowest BCUT2D eigenvalue weighted by Crippen LogP contribution is -2.36. The average Bonchev–Trinajstić information content (AvgIpc) is 2.47. The van der Waals surface area contributed by atoms with E-state index in [-0.39, 0.29) is 37.0 Å². The number of halogens is 1. The van der Waals surface area contributed by atoms with Crippen LogP contribution >= 0.6 is 0 Å². The standard InChI is InChI=1S/C17H24FNO4/c1-13(2)12-19(9-8-17(21)22)16(20)7-4-10-23-15-6-3-5-14(18)11-15/h3,5-6,11,13H,4,7-10,12H2,1-2H3,(H,21,22). The maximum atomic E-state index is 13.0. The van der Waals surface area contributed by atoms with Crippen LogP contribution in [0.1, 0.15) is 33.1 Å². The van der Waals surface area contributed by atoms with Crippen LogP contribution < -0.4 is 4.74 Å². The van der Waals surface area contributed by atoms with Gasteiger partial charge in [0.15, 0.2) is 0 Å². The number of hydrogen-bond donors (Lipinski definition) is 1. The third-order valence-electron chi connectivity index (χ3n) is 3.13. The molecule has 0 aliphatic rings. The molecular formula is C17H24FNO4. The molecule has 0 saturated carbocycles. The smallest absolute Gasteiger partial charge is 0.305 e. The van der Waals surface area contributed by atoms with Crippen LogP contribution in [0.3, 0.4) is 0 Å². The Balaban J connectivity index is 2.37. The van der Waals surface area contributed by atoms with Crippen LogP contribution in [0.2, 0.25) is 0 Å². The summed E-state index contributed by atoms with van der Waals surface area (Å²) in [6.07, 6.45) is 0.719. The summed E-state index contributed by atoms with van der Waals surface area (Å²) in [5, 5.41) is 8.75. The second-order valence-corrected chi connectivity index (χ2v) is 5.79. The number of rotatable bonds is 10. The Morgan fingerprint density at radius 2 is 2.04 bits per heavy atom. The van der Waals surface area contributed by atoms with Gasteiger partial charge in [0.05, 0.1) is 13.0 Å². The minimum atomic E-state index is -0.916. The third kappa shape index (κ3) is 8.18. The predicted octanol–water partition coefficient (Wildman–Crippen LogP) is 2.94. The fraction of sp³-hybridized carbons (Fsp3) is 0.529. The molecule has 1 aromatic rings. The van der Waals surface area contributed by atoms with Gasteiger partial charge in [-0.2, -0.15) is 0 Å². The number of carbonyl (C=O) groups excluding carboxylic acids is 1. The van der Waals surface area contributed by atoms with Crippen molar-refractivity contribution in [3.05, 3.63) is 30.1 Å². The fourth-order valence-corrected chi connectivity index (χ4v) is 2.12. The normalized spacial score (nSPS) is 10.6. The molecular weight excluding hydrogens is 301 g/mol. The second kappa shape index (κ2) is 9.82. The topological polar surface area (TPSA) is 66.8 Å². The highest BCUT2D eigenvalue weighted by Crippen LogP contribution is 2.12. The number of carboxylic acid groups (broad SMARTS) is 1. The Hall–Kier alpha value is -2.11. The lowest BCUT2D eigenvalue weighted by Gasteiger charge is -2.24. The van der Waals surface area contributed by atoms with Gasteiger partial charge in [-0.15, -0.1) is 0 Å². The van der Waals surface area contributed by atoms with Gasteiger partial charge < -0.3 is 14.7 Å². The van der Waals surface area contributed by atoms with Crippen molar-refractivity contribution in [2.75, 3.05) is 19.7 Å². The van der Waals surface area contributed by atoms with Crippen LogP contribution in [0.15, 0.2) is 24.3 Å². The summed E-state index contributed by atoms with van der Waals surface area (Å²) in [7, 11) is 0. The molecule has 0 radical (unpaired) electrons. The molecule has 0 atom stereocenters. The second-order valence-electron chi connectivity index (χ2n) is 5.79. The molecule has 0 spiro atoms.